The van der Waals surface area contributed by atoms with E-state index >= 15 is 0 Å². The van der Waals surface area contributed by atoms with E-state index in [1.165, 1.54) is 0 Å². The molecule has 0 saturated carbocycles. The highest BCUT2D eigenvalue weighted by Gasteiger charge is 2.17. The molecular formula is C10H13BrN2O2. The van der Waals surface area contributed by atoms with Crippen molar-refractivity contribution < 1.29 is 9.47 Å². The molecule has 3 N–H and O–H groups in total. The fourth-order valence-electron chi connectivity index (χ4n) is 1.46. The standard InChI is InChI=1S/C10H13BrN2O2/c11-8-3-7(5-13-2-1-12)4-9-10(8)15-6-14-9/h3-4,13H,1-2,5-6,12H2. The Bertz CT molecular complexity index is 358. The van der Waals surface area contributed by atoms with Crippen LogP contribution < -0.4 is 20.5 Å². The first-order chi connectivity index (χ1) is 7.31. The van der Waals surface area contributed by atoms with Crippen LogP contribution in [0.3, 0.4) is 0 Å². The molecule has 1 aliphatic heterocycles. The monoisotopic (exact) mass is 272 g/mol. The lowest BCUT2D eigenvalue weighted by Gasteiger charge is -2.06. The number of ether oxygens (including phenoxy) is 2. The summed E-state index contributed by atoms with van der Waals surface area (Å²) in [6, 6.07) is 4.01. The lowest BCUT2D eigenvalue weighted by atomic mass is 10.2. The summed E-state index contributed by atoms with van der Waals surface area (Å²) >= 11 is 3.45. The first-order valence-corrected chi connectivity index (χ1v) is 5.59. The van der Waals surface area contributed by atoms with Crippen LogP contribution in [0.15, 0.2) is 16.6 Å². The van der Waals surface area contributed by atoms with Crippen LogP contribution >= 0.6 is 15.9 Å². The van der Waals surface area contributed by atoms with E-state index in [1.54, 1.807) is 0 Å². The van der Waals surface area contributed by atoms with Gasteiger partial charge in [-0.3, -0.25) is 0 Å². The van der Waals surface area contributed by atoms with Crippen molar-refractivity contribution in [2.75, 3.05) is 19.9 Å². The molecule has 0 amide bonds. The Morgan fingerprint density at radius 3 is 3.07 bits per heavy atom. The highest BCUT2D eigenvalue weighted by molar-refractivity contribution is 9.10. The van der Waals surface area contributed by atoms with E-state index in [4.69, 9.17) is 15.2 Å². The fraction of sp³-hybridized carbons (Fsp3) is 0.400. The summed E-state index contributed by atoms with van der Waals surface area (Å²) in [4.78, 5) is 0. The van der Waals surface area contributed by atoms with Gasteiger partial charge in [-0.25, -0.2) is 0 Å². The second kappa shape index (κ2) is 4.83. The third-order valence-electron chi connectivity index (χ3n) is 2.14. The van der Waals surface area contributed by atoms with E-state index in [0.717, 1.165) is 34.6 Å². The van der Waals surface area contributed by atoms with Crippen molar-refractivity contribution in [3.8, 4) is 11.5 Å². The van der Waals surface area contributed by atoms with Crippen LogP contribution in [0.2, 0.25) is 0 Å². The SMILES string of the molecule is NCCNCc1cc(Br)c2c(c1)OCO2. The zero-order valence-corrected chi connectivity index (χ0v) is 9.84. The van der Waals surface area contributed by atoms with Crippen LogP contribution in [0, 0.1) is 0 Å². The zero-order chi connectivity index (χ0) is 10.7. The molecule has 0 atom stereocenters. The molecule has 15 heavy (non-hydrogen) atoms. The minimum absolute atomic E-state index is 0.299. The average molecular weight is 273 g/mol. The van der Waals surface area contributed by atoms with Crippen molar-refractivity contribution in [1.82, 2.24) is 5.32 Å². The van der Waals surface area contributed by atoms with Gasteiger partial charge in [0, 0.05) is 19.6 Å². The maximum atomic E-state index is 5.40. The molecule has 2 rings (SSSR count). The molecule has 0 fully saturated rings. The van der Waals surface area contributed by atoms with E-state index < -0.39 is 0 Å². The summed E-state index contributed by atoms with van der Waals surface area (Å²) in [5.74, 6) is 1.59. The number of benzene rings is 1. The molecule has 0 aromatic heterocycles. The molecular weight excluding hydrogens is 260 g/mol. The van der Waals surface area contributed by atoms with Gasteiger partial charge in [-0.15, -0.1) is 0 Å². The molecule has 0 aliphatic carbocycles. The maximum absolute atomic E-state index is 5.40. The van der Waals surface area contributed by atoms with E-state index in [9.17, 15) is 0 Å². The minimum atomic E-state index is 0.299. The number of hydrogen-bond acceptors (Lipinski definition) is 4. The second-order valence-electron chi connectivity index (χ2n) is 3.28. The molecule has 0 radical (unpaired) electrons. The number of hydrogen-bond donors (Lipinski definition) is 2. The zero-order valence-electron chi connectivity index (χ0n) is 8.25. The second-order valence-corrected chi connectivity index (χ2v) is 4.13. The first-order valence-electron chi connectivity index (χ1n) is 4.80. The largest absolute Gasteiger partial charge is 0.454 e. The van der Waals surface area contributed by atoms with Crippen LogP contribution in [0.4, 0.5) is 0 Å². The van der Waals surface area contributed by atoms with Crippen LogP contribution in [0.5, 0.6) is 11.5 Å². The van der Waals surface area contributed by atoms with Crippen molar-refractivity contribution >= 4 is 15.9 Å². The molecule has 0 unspecified atom stereocenters. The van der Waals surface area contributed by atoms with Gasteiger partial charge < -0.3 is 20.5 Å². The van der Waals surface area contributed by atoms with Gasteiger partial charge in [-0.05, 0) is 33.6 Å². The molecule has 0 saturated heterocycles. The van der Waals surface area contributed by atoms with Gasteiger partial charge in [0.1, 0.15) is 0 Å². The summed E-state index contributed by atoms with van der Waals surface area (Å²) in [6.07, 6.45) is 0. The van der Waals surface area contributed by atoms with Crippen LogP contribution in [0.1, 0.15) is 5.56 Å². The van der Waals surface area contributed by atoms with Crippen molar-refractivity contribution in [3.63, 3.8) is 0 Å². The maximum Gasteiger partial charge on any atom is 0.231 e. The highest BCUT2D eigenvalue weighted by atomic mass is 79.9. The Balaban J connectivity index is 2.09. The Hall–Kier alpha value is -0.780. The van der Waals surface area contributed by atoms with Gasteiger partial charge in [0.25, 0.3) is 0 Å². The predicted octanol–water partition coefficient (Wildman–Crippen LogP) is 1.23. The smallest absolute Gasteiger partial charge is 0.231 e. The van der Waals surface area contributed by atoms with E-state index in [2.05, 4.69) is 21.2 Å². The summed E-state index contributed by atoms with van der Waals surface area (Å²) in [5, 5.41) is 3.23. The van der Waals surface area contributed by atoms with Gasteiger partial charge in [0.15, 0.2) is 11.5 Å². The molecule has 5 heteroatoms. The van der Waals surface area contributed by atoms with E-state index in [0.29, 0.717) is 13.3 Å². The number of rotatable bonds is 4. The number of fused-ring (bicyclic) bond motifs is 1. The topological polar surface area (TPSA) is 56.5 Å². The van der Waals surface area contributed by atoms with Crippen molar-refractivity contribution in [2.45, 2.75) is 6.54 Å². The van der Waals surface area contributed by atoms with Crippen molar-refractivity contribution in [1.29, 1.82) is 0 Å². The molecule has 0 spiro atoms. The van der Waals surface area contributed by atoms with Gasteiger partial charge in [-0.2, -0.15) is 0 Å². The predicted molar refractivity (Wildman–Crippen MR) is 61.0 cm³/mol. The lowest BCUT2D eigenvalue weighted by molar-refractivity contribution is 0.173. The van der Waals surface area contributed by atoms with Crippen LogP contribution in [0.25, 0.3) is 0 Å². The summed E-state index contributed by atoms with van der Waals surface area (Å²) in [6.45, 7) is 2.54. The Morgan fingerprint density at radius 2 is 2.27 bits per heavy atom. The third kappa shape index (κ3) is 2.42. The lowest BCUT2D eigenvalue weighted by Crippen LogP contribution is -2.21. The Kier molecular flexibility index (Phi) is 3.45. The minimum Gasteiger partial charge on any atom is -0.454 e. The van der Waals surface area contributed by atoms with Gasteiger partial charge in [-0.1, -0.05) is 0 Å². The molecule has 82 valence electrons. The Labute approximate surface area is 96.9 Å². The normalized spacial score (nSPS) is 13.2. The van der Waals surface area contributed by atoms with Gasteiger partial charge >= 0.3 is 0 Å². The van der Waals surface area contributed by atoms with Crippen LogP contribution in [-0.2, 0) is 6.54 Å². The van der Waals surface area contributed by atoms with E-state index in [-0.39, 0.29) is 0 Å². The van der Waals surface area contributed by atoms with Gasteiger partial charge in [0.05, 0.1) is 4.47 Å². The summed E-state index contributed by atoms with van der Waals surface area (Å²) in [7, 11) is 0. The van der Waals surface area contributed by atoms with Gasteiger partial charge in [0.2, 0.25) is 6.79 Å². The Morgan fingerprint density at radius 1 is 1.40 bits per heavy atom. The van der Waals surface area contributed by atoms with Crippen LogP contribution in [-0.4, -0.2) is 19.9 Å². The molecule has 1 aromatic rings. The molecule has 1 heterocycles. The van der Waals surface area contributed by atoms with E-state index in [1.807, 2.05) is 12.1 Å². The molecule has 1 aromatic carbocycles. The first kappa shape index (κ1) is 10.7. The van der Waals surface area contributed by atoms with Crippen molar-refractivity contribution in [3.05, 3.63) is 22.2 Å². The number of halogens is 1. The third-order valence-corrected chi connectivity index (χ3v) is 2.73. The quantitative estimate of drug-likeness (QED) is 0.810. The average Bonchev–Trinajstić information content (AvgIpc) is 2.66. The fourth-order valence-corrected chi connectivity index (χ4v) is 2.06. The highest BCUT2D eigenvalue weighted by Crippen LogP contribution is 2.39. The number of nitrogens with two attached hydrogens (primary N) is 1. The summed E-state index contributed by atoms with van der Waals surface area (Å²) in [5.41, 5.74) is 6.55. The summed E-state index contributed by atoms with van der Waals surface area (Å²) < 4.78 is 11.6. The van der Waals surface area contributed by atoms with Crippen molar-refractivity contribution in [2.24, 2.45) is 5.73 Å². The molecule has 1 aliphatic rings. The molecule has 4 nitrogen and oxygen atoms in total. The molecule has 0 bridgehead atoms. The number of nitrogens with one attached hydrogen (secondary N) is 1.